The van der Waals surface area contributed by atoms with E-state index in [4.69, 9.17) is 16.1 Å². The van der Waals surface area contributed by atoms with Crippen LogP contribution in [0.4, 0.5) is 19.0 Å². The smallest absolute Gasteiger partial charge is 0.199 e. The number of alkyl halides is 1. The largest absolute Gasteiger partial charge is 0.508 e. The maximum atomic E-state index is 16.7. The highest BCUT2D eigenvalue weighted by Crippen LogP contribution is 2.43. The molecule has 5 heterocycles. The van der Waals surface area contributed by atoms with Crippen molar-refractivity contribution in [3.05, 3.63) is 58.9 Å². The topological polar surface area (TPSA) is 70.5 Å². The summed E-state index contributed by atoms with van der Waals surface area (Å²) in [7, 11) is 0. The van der Waals surface area contributed by atoms with E-state index in [0.717, 1.165) is 12.8 Å². The number of phenolic OH excluding ortho intramolecular Hbond substituents is 1. The minimum absolute atomic E-state index is 0.0535. The molecule has 6 nitrogen and oxygen atoms in total. The van der Waals surface area contributed by atoms with Gasteiger partial charge in [-0.1, -0.05) is 12.0 Å². The summed E-state index contributed by atoms with van der Waals surface area (Å²) in [5.74, 6) is 1.34. The first-order valence-electron chi connectivity index (χ1n) is 13.0. The maximum Gasteiger partial charge on any atom is 0.199 e. The van der Waals surface area contributed by atoms with Crippen molar-refractivity contribution < 1.29 is 23.0 Å². The van der Waals surface area contributed by atoms with Crippen LogP contribution in [0.25, 0.3) is 32.8 Å². The first kappa shape index (κ1) is 24.2. The summed E-state index contributed by atoms with van der Waals surface area (Å²) in [4.78, 5) is 11.3. The number of benzene rings is 2. The predicted molar refractivity (Wildman–Crippen MR) is 142 cm³/mol. The van der Waals surface area contributed by atoms with E-state index >= 15 is 8.78 Å². The number of halogens is 3. The molecule has 3 aliphatic rings. The lowest BCUT2D eigenvalue weighted by atomic mass is 9.91. The van der Waals surface area contributed by atoms with Crippen LogP contribution in [0.5, 0.6) is 5.75 Å². The number of fused-ring (bicyclic) bond motifs is 4. The number of ether oxygens (including phenoxy) is 1. The zero-order valence-electron chi connectivity index (χ0n) is 21.2. The molecule has 0 spiro atoms. The van der Waals surface area contributed by atoms with Crippen LogP contribution < -0.4 is 10.2 Å². The number of phenols is 1. The highest BCUT2D eigenvalue weighted by Gasteiger charge is 2.45. The van der Waals surface area contributed by atoms with E-state index in [0.29, 0.717) is 35.2 Å². The highest BCUT2D eigenvalue weighted by atomic mass is 19.1. The fourth-order valence-corrected chi connectivity index (χ4v) is 6.40. The van der Waals surface area contributed by atoms with E-state index in [9.17, 15) is 9.50 Å². The number of nitrogens with zero attached hydrogens (tertiary/aromatic N) is 3. The number of anilines is 1. The highest BCUT2D eigenvalue weighted by molar-refractivity contribution is 6.04. The Kier molecular flexibility index (Phi) is 5.31. The lowest BCUT2D eigenvalue weighted by Gasteiger charge is -2.38. The van der Waals surface area contributed by atoms with Crippen LogP contribution in [0.2, 0.25) is 0 Å². The van der Waals surface area contributed by atoms with Crippen molar-refractivity contribution >= 4 is 27.4 Å². The SMILES string of the molecule is C#Cc1c(F)ccc2cc(O)cc(-c3ncc4c(N5CC6CCC(C5)N6)nc(C5(F)COC5)c(C)c4c3F)c12. The van der Waals surface area contributed by atoms with Crippen molar-refractivity contribution in [1.29, 1.82) is 0 Å². The summed E-state index contributed by atoms with van der Waals surface area (Å²) in [6.07, 6.45) is 9.24. The van der Waals surface area contributed by atoms with Gasteiger partial charge in [0.1, 0.15) is 23.1 Å². The number of hydrogen-bond donors (Lipinski definition) is 2. The number of rotatable bonds is 3. The molecule has 2 N–H and O–H groups in total. The minimum atomic E-state index is -1.83. The lowest BCUT2D eigenvalue weighted by molar-refractivity contribution is -0.137. The van der Waals surface area contributed by atoms with Gasteiger partial charge in [0.2, 0.25) is 0 Å². The average molecular weight is 531 g/mol. The Bertz CT molecular complexity index is 1720. The number of piperazine rings is 1. The standard InChI is InChI=1S/C30H25F3N4O2/c1-3-20-23(31)7-4-16-8-19(38)9-21(25(16)20)27-26(32)24-15(2)28(30(33)13-39-14-30)36-29(22(24)10-34-27)37-11-17-5-6-18(12-37)35-17/h1,4,7-10,17-18,35,38H,5-6,11-14H2,2H3. The molecule has 2 atom stereocenters. The number of aryl methyl sites for hydroxylation is 1. The Morgan fingerprint density at radius 2 is 1.90 bits per heavy atom. The minimum Gasteiger partial charge on any atom is -0.508 e. The average Bonchev–Trinajstić information content (AvgIpc) is 3.24. The Morgan fingerprint density at radius 1 is 1.15 bits per heavy atom. The van der Waals surface area contributed by atoms with E-state index < -0.39 is 17.3 Å². The van der Waals surface area contributed by atoms with Gasteiger partial charge >= 0.3 is 0 Å². The number of terminal acetylenes is 1. The summed E-state index contributed by atoms with van der Waals surface area (Å²) >= 11 is 0. The van der Waals surface area contributed by atoms with E-state index in [-0.39, 0.29) is 64.3 Å². The van der Waals surface area contributed by atoms with Gasteiger partial charge in [-0.2, -0.15) is 0 Å². The van der Waals surface area contributed by atoms with Gasteiger partial charge in [0, 0.05) is 53.1 Å². The zero-order chi connectivity index (χ0) is 27.1. The van der Waals surface area contributed by atoms with Crippen LogP contribution in [0.15, 0.2) is 30.5 Å². The first-order valence-corrected chi connectivity index (χ1v) is 13.0. The van der Waals surface area contributed by atoms with Crippen LogP contribution in [-0.2, 0) is 10.4 Å². The van der Waals surface area contributed by atoms with Crippen molar-refractivity contribution in [2.24, 2.45) is 0 Å². The van der Waals surface area contributed by atoms with Gasteiger partial charge in [-0.3, -0.25) is 4.98 Å². The molecule has 198 valence electrons. The van der Waals surface area contributed by atoms with Crippen molar-refractivity contribution in [3.63, 3.8) is 0 Å². The predicted octanol–water partition coefficient (Wildman–Crippen LogP) is 4.86. The number of pyridine rings is 2. The molecule has 39 heavy (non-hydrogen) atoms. The van der Waals surface area contributed by atoms with Crippen molar-refractivity contribution in [2.45, 2.75) is 37.5 Å². The van der Waals surface area contributed by atoms with Gasteiger partial charge in [0.05, 0.1) is 24.5 Å². The second-order valence-corrected chi connectivity index (χ2v) is 10.8. The Balaban J connectivity index is 1.52. The van der Waals surface area contributed by atoms with Crippen molar-refractivity contribution in [1.82, 2.24) is 15.3 Å². The molecule has 0 saturated carbocycles. The van der Waals surface area contributed by atoms with E-state index in [1.54, 1.807) is 6.92 Å². The normalized spacial score (nSPS) is 21.8. The first-order chi connectivity index (χ1) is 18.8. The molecule has 4 aromatic rings. The molecule has 2 bridgehead atoms. The van der Waals surface area contributed by atoms with Crippen LogP contribution in [0, 0.1) is 30.9 Å². The fraction of sp³-hybridized carbons (Fsp3) is 0.333. The molecule has 2 aromatic heterocycles. The van der Waals surface area contributed by atoms with Gasteiger partial charge in [0.25, 0.3) is 0 Å². The van der Waals surface area contributed by atoms with Crippen LogP contribution >= 0.6 is 0 Å². The molecule has 0 radical (unpaired) electrons. The van der Waals surface area contributed by atoms with Crippen LogP contribution in [-0.4, -0.2) is 53.5 Å². The number of nitrogens with one attached hydrogen (secondary N) is 1. The molecule has 7 rings (SSSR count). The molecule has 3 aliphatic heterocycles. The van der Waals surface area contributed by atoms with Gasteiger partial charge in [0.15, 0.2) is 11.5 Å². The van der Waals surface area contributed by atoms with E-state index in [2.05, 4.69) is 21.1 Å². The van der Waals surface area contributed by atoms with Gasteiger partial charge in [-0.25, -0.2) is 18.2 Å². The summed E-state index contributed by atoms with van der Waals surface area (Å²) < 4.78 is 52.4. The summed E-state index contributed by atoms with van der Waals surface area (Å²) in [6.45, 7) is 2.68. The fourth-order valence-electron chi connectivity index (χ4n) is 6.40. The molecule has 3 saturated heterocycles. The lowest BCUT2D eigenvalue weighted by Crippen LogP contribution is -2.52. The molecule has 3 fully saturated rings. The third kappa shape index (κ3) is 3.59. The second-order valence-electron chi connectivity index (χ2n) is 10.8. The maximum absolute atomic E-state index is 16.7. The van der Waals surface area contributed by atoms with Gasteiger partial charge in [-0.15, -0.1) is 6.42 Å². The molecule has 0 amide bonds. The summed E-state index contributed by atoms with van der Waals surface area (Å²) in [5.41, 5.74) is -1.34. The summed E-state index contributed by atoms with van der Waals surface area (Å²) in [5, 5.41) is 15.4. The number of aromatic nitrogens is 2. The Morgan fingerprint density at radius 3 is 2.56 bits per heavy atom. The number of aromatic hydroxyl groups is 1. The van der Waals surface area contributed by atoms with Gasteiger partial charge in [-0.05, 0) is 48.9 Å². The third-order valence-electron chi connectivity index (χ3n) is 8.26. The monoisotopic (exact) mass is 530 g/mol. The molecular weight excluding hydrogens is 505 g/mol. The zero-order valence-corrected chi connectivity index (χ0v) is 21.2. The quantitative estimate of drug-likeness (QED) is 0.369. The summed E-state index contributed by atoms with van der Waals surface area (Å²) in [6, 6.07) is 6.01. The van der Waals surface area contributed by atoms with Gasteiger partial charge < -0.3 is 20.1 Å². The van der Waals surface area contributed by atoms with Crippen LogP contribution in [0.3, 0.4) is 0 Å². The molecule has 9 heteroatoms. The van der Waals surface area contributed by atoms with Crippen molar-refractivity contribution in [2.75, 3.05) is 31.2 Å². The molecule has 2 unspecified atom stereocenters. The van der Waals surface area contributed by atoms with E-state index in [1.165, 1.54) is 30.5 Å². The second kappa shape index (κ2) is 8.57. The molecular formula is C30H25F3N4O2. The van der Waals surface area contributed by atoms with Crippen molar-refractivity contribution in [3.8, 4) is 29.4 Å². The molecule has 0 aliphatic carbocycles. The Hall–Kier alpha value is -3.87. The number of hydrogen-bond acceptors (Lipinski definition) is 6. The third-order valence-corrected chi connectivity index (χ3v) is 8.26. The Labute approximate surface area is 222 Å². The molecule has 2 aromatic carbocycles. The van der Waals surface area contributed by atoms with Crippen LogP contribution in [0.1, 0.15) is 29.7 Å². The van der Waals surface area contributed by atoms with E-state index in [1.807, 2.05) is 0 Å².